The van der Waals surface area contributed by atoms with E-state index in [1.54, 1.807) is 7.05 Å². The Morgan fingerprint density at radius 3 is 2.39 bits per heavy atom. The van der Waals surface area contributed by atoms with Gasteiger partial charge in [-0.2, -0.15) is 5.10 Å². The Bertz CT molecular complexity index is 1140. The molecule has 2 amide bonds. The van der Waals surface area contributed by atoms with Gasteiger partial charge in [0, 0.05) is 24.0 Å². The predicted molar refractivity (Wildman–Crippen MR) is 122 cm³/mol. The van der Waals surface area contributed by atoms with Gasteiger partial charge in [-0.25, -0.2) is 4.68 Å². The largest absolute Gasteiger partial charge is 0.331 e. The average molecular weight is 417 g/mol. The number of nitrogens with one attached hydrogen (secondary N) is 1. The zero-order valence-electron chi connectivity index (χ0n) is 18.5. The third-order valence-corrected chi connectivity index (χ3v) is 5.95. The lowest BCUT2D eigenvalue weighted by Gasteiger charge is -2.17. The van der Waals surface area contributed by atoms with Crippen molar-refractivity contribution in [2.24, 2.45) is 0 Å². The molecule has 0 fully saturated rings. The van der Waals surface area contributed by atoms with E-state index in [1.165, 1.54) is 4.90 Å². The molecule has 160 valence electrons. The van der Waals surface area contributed by atoms with Crippen molar-refractivity contribution < 1.29 is 9.59 Å². The highest BCUT2D eigenvalue weighted by Crippen LogP contribution is 2.29. The minimum Gasteiger partial charge on any atom is -0.331 e. The van der Waals surface area contributed by atoms with Crippen LogP contribution in [0.1, 0.15) is 44.9 Å². The molecule has 3 aromatic rings. The first-order chi connectivity index (χ1) is 14.9. The van der Waals surface area contributed by atoms with Gasteiger partial charge in [0.1, 0.15) is 0 Å². The fourth-order valence-electron chi connectivity index (χ4n) is 4.27. The van der Waals surface area contributed by atoms with Gasteiger partial charge < -0.3 is 10.2 Å². The third kappa shape index (κ3) is 3.98. The predicted octanol–water partition coefficient (Wildman–Crippen LogP) is 4.00. The summed E-state index contributed by atoms with van der Waals surface area (Å²) in [5.74, 6) is -0.439. The second kappa shape index (κ2) is 8.38. The van der Waals surface area contributed by atoms with Crippen LogP contribution in [-0.2, 0) is 17.6 Å². The van der Waals surface area contributed by atoms with E-state index < -0.39 is 0 Å². The van der Waals surface area contributed by atoms with Crippen molar-refractivity contribution in [3.8, 4) is 5.69 Å². The van der Waals surface area contributed by atoms with Gasteiger partial charge >= 0.3 is 0 Å². The first-order valence-corrected chi connectivity index (χ1v) is 10.6. The van der Waals surface area contributed by atoms with E-state index in [-0.39, 0.29) is 18.4 Å². The molecule has 0 bridgehead atoms. The SMILES string of the molecule is Cc1ccccc1-n1nc(C(=O)N(C)CC(=O)Nc2c(C)cccc2C)c2c1CCC2. The van der Waals surface area contributed by atoms with Crippen LogP contribution < -0.4 is 5.32 Å². The van der Waals surface area contributed by atoms with E-state index in [1.807, 2.05) is 67.9 Å². The van der Waals surface area contributed by atoms with Gasteiger partial charge in [-0.3, -0.25) is 9.59 Å². The standard InChI is InChI=1S/C25H28N4O2/c1-16-9-5-6-13-20(16)29-21-14-8-12-19(21)24(27-29)25(31)28(4)15-22(30)26-23-17(2)10-7-11-18(23)3/h5-7,9-11,13H,8,12,14-15H2,1-4H3,(H,26,30). The molecule has 1 aliphatic carbocycles. The quantitative estimate of drug-likeness (QED) is 0.684. The molecule has 31 heavy (non-hydrogen) atoms. The fourth-order valence-corrected chi connectivity index (χ4v) is 4.27. The number of likely N-dealkylation sites (N-methyl/N-ethyl adjacent to an activating group) is 1. The van der Waals surface area contributed by atoms with E-state index in [0.717, 1.165) is 58.6 Å². The Hall–Kier alpha value is -3.41. The second-order valence-corrected chi connectivity index (χ2v) is 8.30. The Kier molecular flexibility index (Phi) is 5.63. The number of rotatable bonds is 5. The number of amides is 2. The number of aromatic nitrogens is 2. The number of fused-ring (bicyclic) bond motifs is 1. The minimum absolute atomic E-state index is 0.0292. The number of para-hydroxylation sites is 2. The molecule has 1 aromatic heterocycles. The number of nitrogens with zero attached hydrogens (tertiary/aromatic N) is 3. The van der Waals surface area contributed by atoms with Crippen LogP contribution in [0.3, 0.4) is 0 Å². The van der Waals surface area contributed by atoms with Crippen molar-refractivity contribution in [3.05, 3.63) is 76.1 Å². The van der Waals surface area contributed by atoms with Crippen LogP contribution in [-0.4, -0.2) is 40.1 Å². The molecule has 0 unspecified atom stereocenters. The molecular formula is C25H28N4O2. The summed E-state index contributed by atoms with van der Waals surface area (Å²) in [4.78, 5) is 27.3. The summed E-state index contributed by atoms with van der Waals surface area (Å²) in [6.45, 7) is 5.93. The lowest BCUT2D eigenvalue weighted by molar-refractivity contribution is -0.116. The summed E-state index contributed by atoms with van der Waals surface area (Å²) < 4.78 is 1.91. The Balaban J connectivity index is 1.55. The Morgan fingerprint density at radius 1 is 1.00 bits per heavy atom. The summed E-state index contributed by atoms with van der Waals surface area (Å²) in [5.41, 5.74) is 7.47. The molecule has 0 atom stereocenters. The molecule has 2 aromatic carbocycles. The van der Waals surface area contributed by atoms with Gasteiger partial charge in [0.15, 0.2) is 5.69 Å². The fraction of sp³-hybridized carbons (Fsp3) is 0.320. The van der Waals surface area contributed by atoms with E-state index in [9.17, 15) is 9.59 Å². The summed E-state index contributed by atoms with van der Waals surface area (Å²) in [6, 6.07) is 13.9. The molecule has 0 spiro atoms. The molecule has 6 heteroatoms. The number of aryl methyl sites for hydroxylation is 3. The second-order valence-electron chi connectivity index (χ2n) is 8.30. The zero-order chi connectivity index (χ0) is 22.1. The number of carbonyl (C=O) groups excluding carboxylic acids is 2. The van der Waals surface area contributed by atoms with Gasteiger partial charge in [0.25, 0.3) is 5.91 Å². The van der Waals surface area contributed by atoms with Crippen molar-refractivity contribution >= 4 is 17.5 Å². The van der Waals surface area contributed by atoms with Gasteiger partial charge in [0.2, 0.25) is 5.91 Å². The Labute approximate surface area is 182 Å². The number of carbonyl (C=O) groups is 2. The highest BCUT2D eigenvalue weighted by molar-refractivity contribution is 5.99. The number of hydrogen-bond donors (Lipinski definition) is 1. The van der Waals surface area contributed by atoms with Crippen molar-refractivity contribution in [1.29, 1.82) is 0 Å². The van der Waals surface area contributed by atoms with E-state index >= 15 is 0 Å². The van der Waals surface area contributed by atoms with Crippen molar-refractivity contribution in [2.45, 2.75) is 40.0 Å². The monoisotopic (exact) mass is 416 g/mol. The minimum atomic E-state index is -0.220. The van der Waals surface area contributed by atoms with Gasteiger partial charge in [0.05, 0.1) is 12.2 Å². The molecule has 0 saturated carbocycles. The van der Waals surface area contributed by atoms with Gasteiger partial charge in [-0.05, 0) is 62.8 Å². The summed E-state index contributed by atoms with van der Waals surface area (Å²) in [7, 11) is 1.65. The maximum atomic E-state index is 13.2. The lowest BCUT2D eigenvalue weighted by Crippen LogP contribution is -2.35. The molecule has 0 radical (unpaired) electrons. The number of hydrogen-bond acceptors (Lipinski definition) is 3. The Morgan fingerprint density at radius 2 is 1.68 bits per heavy atom. The van der Waals surface area contributed by atoms with Crippen molar-refractivity contribution in [3.63, 3.8) is 0 Å². The number of anilines is 1. The lowest BCUT2D eigenvalue weighted by atomic mass is 10.1. The topological polar surface area (TPSA) is 67.2 Å². The normalized spacial score (nSPS) is 12.5. The summed E-state index contributed by atoms with van der Waals surface area (Å²) in [5, 5.41) is 7.65. The van der Waals surface area contributed by atoms with E-state index in [0.29, 0.717) is 5.69 Å². The average Bonchev–Trinajstić information content (AvgIpc) is 3.34. The highest BCUT2D eigenvalue weighted by atomic mass is 16.2. The maximum absolute atomic E-state index is 13.2. The molecule has 1 N–H and O–H groups in total. The van der Waals surface area contributed by atoms with Crippen molar-refractivity contribution in [1.82, 2.24) is 14.7 Å². The van der Waals surface area contributed by atoms with E-state index in [2.05, 4.69) is 5.32 Å². The summed E-state index contributed by atoms with van der Waals surface area (Å²) in [6.07, 6.45) is 2.75. The van der Waals surface area contributed by atoms with E-state index in [4.69, 9.17) is 5.10 Å². The molecule has 1 aliphatic rings. The molecule has 0 saturated heterocycles. The maximum Gasteiger partial charge on any atom is 0.274 e. The molecule has 6 nitrogen and oxygen atoms in total. The smallest absolute Gasteiger partial charge is 0.274 e. The van der Waals surface area contributed by atoms with Gasteiger partial charge in [-0.15, -0.1) is 0 Å². The number of benzene rings is 2. The first kappa shape index (κ1) is 20.8. The third-order valence-electron chi connectivity index (χ3n) is 5.95. The highest BCUT2D eigenvalue weighted by Gasteiger charge is 2.29. The van der Waals surface area contributed by atoms with Crippen LogP contribution in [0.2, 0.25) is 0 Å². The summed E-state index contributed by atoms with van der Waals surface area (Å²) >= 11 is 0. The molecule has 0 aliphatic heterocycles. The van der Waals surface area contributed by atoms with Crippen LogP contribution in [0.15, 0.2) is 42.5 Å². The van der Waals surface area contributed by atoms with Crippen molar-refractivity contribution in [2.75, 3.05) is 18.9 Å². The molecule has 4 rings (SSSR count). The van der Waals surface area contributed by atoms with Gasteiger partial charge in [-0.1, -0.05) is 36.4 Å². The van der Waals surface area contributed by atoms with Crippen LogP contribution in [0.4, 0.5) is 5.69 Å². The van der Waals surface area contributed by atoms with Crippen LogP contribution in [0.25, 0.3) is 5.69 Å². The van der Waals surface area contributed by atoms with Crippen LogP contribution in [0.5, 0.6) is 0 Å². The molecular weight excluding hydrogens is 388 g/mol. The first-order valence-electron chi connectivity index (χ1n) is 10.6. The molecule has 1 heterocycles. The van der Waals surface area contributed by atoms with Crippen LogP contribution >= 0.6 is 0 Å². The van der Waals surface area contributed by atoms with Crippen LogP contribution in [0, 0.1) is 20.8 Å². The zero-order valence-corrected chi connectivity index (χ0v) is 18.5.